The molecule has 0 aliphatic heterocycles. The molecule has 0 aliphatic rings. The SMILES string of the molecule is O=C(CCOC(F)F)NCc1ccc(F)cc1. The Morgan fingerprint density at radius 2 is 1.94 bits per heavy atom. The van der Waals surface area contributed by atoms with Crippen molar-refractivity contribution in [1.29, 1.82) is 0 Å². The van der Waals surface area contributed by atoms with Crippen molar-refractivity contribution < 1.29 is 22.7 Å². The first-order chi connectivity index (χ1) is 8.08. The second kappa shape index (κ2) is 6.90. The van der Waals surface area contributed by atoms with Crippen LogP contribution in [-0.4, -0.2) is 19.1 Å². The van der Waals surface area contributed by atoms with Gasteiger partial charge in [0.15, 0.2) is 0 Å². The van der Waals surface area contributed by atoms with Crippen LogP contribution in [0.3, 0.4) is 0 Å². The third-order valence-electron chi connectivity index (χ3n) is 1.98. The lowest BCUT2D eigenvalue weighted by Crippen LogP contribution is -2.24. The third-order valence-corrected chi connectivity index (χ3v) is 1.98. The Bertz CT molecular complexity index is 354. The number of benzene rings is 1. The first-order valence-electron chi connectivity index (χ1n) is 4.99. The molecular formula is C11H12F3NO2. The summed E-state index contributed by atoms with van der Waals surface area (Å²) in [6.45, 7) is -2.96. The molecule has 1 aromatic rings. The van der Waals surface area contributed by atoms with Gasteiger partial charge in [0.25, 0.3) is 0 Å². The zero-order valence-electron chi connectivity index (χ0n) is 8.96. The van der Waals surface area contributed by atoms with E-state index < -0.39 is 12.5 Å². The maximum Gasteiger partial charge on any atom is 0.345 e. The van der Waals surface area contributed by atoms with Crippen LogP contribution in [0.25, 0.3) is 0 Å². The number of hydrogen-bond donors (Lipinski definition) is 1. The van der Waals surface area contributed by atoms with Crippen molar-refractivity contribution in [2.24, 2.45) is 0 Å². The first kappa shape index (κ1) is 13.5. The standard InChI is InChI=1S/C11H12F3NO2/c12-9-3-1-8(2-4-9)7-15-10(16)5-6-17-11(13)14/h1-4,11H,5-7H2,(H,15,16). The molecule has 1 amide bonds. The summed E-state index contributed by atoms with van der Waals surface area (Å²) in [7, 11) is 0. The highest BCUT2D eigenvalue weighted by Gasteiger charge is 2.05. The minimum Gasteiger partial charge on any atom is -0.352 e. The maximum atomic E-state index is 12.6. The van der Waals surface area contributed by atoms with Gasteiger partial charge in [-0.15, -0.1) is 0 Å². The van der Waals surface area contributed by atoms with Gasteiger partial charge in [0.2, 0.25) is 5.91 Å². The highest BCUT2D eigenvalue weighted by atomic mass is 19.3. The molecule has 0 saturated heterocycles. The first-order valence-corrected chi connectivity index (χ1v) is 4.99. The highest BCUT2D eigenvalue weighted by molar-refractivity contribution is 5.75. The van der Waals surface area contributed by atoms with Crippen LogP contribution in [0.15, 0.2) is 24.3 Å². The molecule has 0 saturated carbocycles. The van der Waals surface area contributed by atoms with Crippen molar-refractivity contribution in [3.63, 3.8) is 0 Å². The lowest BCUT2D eigenvalue weighted by atomic mass is 10.2. The molecule has 17 heavy (non-hydrogen) atoms. The van der Waals surface area contributed by atoms with Gasteiger partial charge in [0.1, 0.15) is 5.82 Å². The van der Waals surface area contributed by atoms with Crippen LogP contribution in [0.5, 0.6) is 0 Å². The minimum absolute atomic E-state index is 0.133. The fraction of sp³-hybridized carbons (Fsp3) is 0.364. The number of alkyl halides is 2. The molecule has 0 unspecified atom stereocenters. The molecule has 1 rings (SSSR count). The molecule has 1 N–H and O–H groups in total. The minimum atomic E-state index is -2.86. The van der Waals surface area contributed by atoms with Gasteiger partial charge in [0.05, 0.1) is 13.0 Å². The van der Waals surface area contributed by atoms with Gasteiger partial charge < -0.3 is 10.1 Å². The number of hydrogen-bond acceptors (Lipinski definition) is 2. The van der Waals surface area contributed by atoms with E-state index in [9.17, 15) is 18.0 Å². The van der Waals surface area contributed by atoms with Gasteiger partial charge in [-0.1, -0.05) is 12.1 Å². The van der Waals surface area contributed by atoms with E-state index in [1.54, 1.807) is 0 Å². The summed E-state index contributed by atoms with van der Waals surface area (Å²) >= 11 is 0. The molecule has 0 heterocycles. The summed E-state index contributed by atoms with van der Waals surface area (Å²) < 4.78 is 39.7. The summed E-state index contributed by atoms with van der Waals surface area (Å²) in [5, 5.41) is 2.51. The van der Waals surface area contributed by atoms with Crippen LogP contribution in [0.4, 0.5) is 13.2 Å². The van der Waals surface area contributed by atoms with Crippen LogP contribution in [-0.2, 0) is 16.1 Å². The third kappa shape index (κ3) is 5.91. The van der Waals surface area contributed by atoms with Crippen molar-refractivity contribution in [3.8, 4) is 0 Å². The largest absolute Gasteiger partial charge is 0.352 e. The molecule has 0 aromatic heterocycles. The van der Waals surface area contributed by atoms with Crippen LogP contribution >= 0.6 is 0 Å². The van der Waals surface area contributed by atoms with E-state index in [4.69, 9.17) is 0 Å². The van der Waals surface area contributed by atoms with Gasteiger partial charge in [-0.25, -0.2) is 4.39 Å². The number of halogens is 3. The van der Waals surface area contributed by atoms with Crippen LogP contribution in [0.2, 0.25) is 0 Å². The summed E-state index contributed by atoms with van der Waals surface area (Å²) in [5.74, 6) is -0.750. The molecule has 0 fully saturated rings. The number of amides is 1. The monoisotopic (exact) mass is 247 g/mol. The number of rotatable bonds is 6. The van der Waals surface area contributed by atoms with E-state index >= 15 is 0 Å². The van der Waals surface area contributed by atoms with Crippen LogP contribution < -0.4 is 5.32 Å². The molecule has 1 aromatic carbocycles. The smallest absolute Gasteiger partial charge is 0.345 e. The molecule has 3 nitrogen and oxygen atoms in total. The molecule has 0 bridgehead atoms. The van der Waals surface area contributed by atoms with Gasteiger partial charge >= 0.3 is 6.61 Å². The summed E-state index contributed by atoms with van der Waals surface area (Å²) in [4.78, 5) is 11.2. The lowest BCUT2D eigenvalue weighted by molar-refractivity contribution is -0.138. The molecule has 0 atom stereocenters. The van der Waals surface area contributed by atoms with Gasteiger partial charge in [-0.3, -0.25) is 4.79 Å². The lowest BCUT2D eigenvalue weighted by Gasteiger charge is -2.05. The normalized spacial score (nSPS) is 10.6. The zero-order valence-corrected chi connectivity index (χ0v) is 8.96. The van der Waals surface area contributed by atoms with Crippen LogP contribution in [0.1, 0.15) is 12.0 Å². The van der Waals surface area contributed by atoms with E-state index in [0.29, 0.717) is 0 Å². The Morgan fingerprint density at radius 3 is 2.53 bits per heavy atom. The molecule has 0 spiro atoms. The zero-order chi connectivity index (χ0) is 12.7. The van der Waals surface area contributed by atoms with E-state index in [0.717, 1.165) is 5.56 Å². The molecule has 0 aliphatic carbocycles. The fourth-order valence-corrected chi connectivity index (χ4v) is 1.13. The number of carbonyl (C=O) groups excluding carboxylic acids is 1. The van der Waals surface area contributed by atoms with E-state index in [-0.39, 0.29) is 25.4 Å². The fourth-order valence-electron chi connectivity index (χ4n) is 1.13. The molecule has 0 radical (unpaired) electrons. The number of ether oxygens (including phenoxy) is 1. The second-order valence-electron chi connectivity index (χ2n) is 3.28. The Morgan fingerprint density at radius 1 is 1.29 bits per heavy atom. The quantitative estimate of drug-likeness (QED) is 0.835. The maximum absolute atomic E-state index is 12.6. The Labute approximate surface area is 96.6 Å². The van der Waals surface area contributed by atoms with Crippen LogP contribution in [0, 0.1) is 5.82 Å². The Hall–Kier alpha value is -1.56. The van der Waals surface area contributed by atoms with Gasteiger partial charge in [-0.05, 0) is 17.7 Å². The van der Waals surface area contributed by atoms with E-state index in [1.165, 1.54) is 24.3 Å². The van der Waals surface area contributed by atoms with Crippen molar-refractivity contribution in [2.45, 2.75) is 19.6 Å². The molecule has 94 valence electrons. The summed E-state index contributed by atoms with van der Waals surface area (Å²) in [6, 6.07) is 5.62. The molecular weight excluding hydrogens is 235 g/mol. The predicted molar refractivity (Wildman–Crippen MR) is 54.8 cm³/mol. The van der Waals surface area contributed by atoms with Crippen molar-refractivity contribution in [1.82, 2.24) is 5.32 Å². The average Bonchev–Trinajstić information content (AvgIpc) is 2.28. The predicted octanol–water partition coefficient (Wildman–Crippen LogP) is 2.07. The highest BCUT2D eigenvalue weighted by Crippen LogP contribution is 2.02. The van der Waals surface area contributed by atoms with E-state index in [2.05, 4.69) is 10.1 Å². The van der Waals surface area contributed by atoms with Crippen molar-refractivity contribution in [3.05, 3.63) is 35.6 Å². The second-order valence-corrected chi connectivity index (χ2v) is 3.28. The summed E-state index contributed by atoms with van der Waals surface area (Å²) in [6.07, 6.45) is -0.133. The van der Waals surface area contributed by atoms with Crippen molar-refractivity contribution in [2.75, 3.05) is 6.61 Å². The average molecular weight is 247 g/mol. The van der Waals surface area contributed by atoms with Gasteiger partial charge in [0, 0.05) is 6.54 Å². The van der Waals surface area contributed by atoms with Gasteiger partial charge in [-0.2, -0.15) is 8.78 Å². The number of nitrogens with one attached hydrogen (secondary N) is 1. The molecule has 6 heteroatoms. The number of carbonyl (C=O) groups is 1. The Balaban J connectivity index is 2.21. The summed E-state index contributed by atoms with van der Waals surface area (Å²) in [5.41, 5.74) is 0.731. The van der Waals surface area contributed by atoms with E-state index in [1.807, 2.05) is 0 Å². The van der Waals surface area contributed by atoms with Crippen molar-refractivity contribution >= 4 is 5.91 Å². The topological polar surface area (TPSA) is 38.3 Å². The Kier molecular flexibility index (Phi) is 5.48.